The van der Waals surface area contributed by atoms with Crippen LogP contribution in [0.5, 0.6) is 0 Å². The Kier molecular flexibility index (Phi) is 2.26. The van der Waals surface area contributed by atoms with Crippen molar-refractivity contribution < 1.29 is 22.4 Å². The van der Waals surface area contributed by atoms with E-state index in [0.29, 0.717) is 12.8 Å². The molecule has 0 radical (unpaired) electrons. The fourth-order valence-electron chi connectivity index (χ4n) is 3.95. The van der Waals surface area contributed by atoms with Gasteiger partial charge >= 0.3 is 6.36 Å². The third-order valence-corrected chi connectivity index (χ3v) is 4.94. The standard InChI is InChI=1S/C13H15F3N2O2/c14-13(15,16)19-8-1-7(2-8)9-3-10(20-18-9)11-4-12(17,5-11)6-11/h3,7-8H,1-2,4-6,17H2/t7-,8+,11?,12?. The summed E-state index contributed by atoms with van der Waals surface area (Å²) in [7, 11) is 0. The topological polar surface area (TPSA) is 61.3 Å². The molecule has 0 aromatic carbocycles. The van der Waals surface area contributed by atoms with E-state index in [1.807, 2.05) is 6.07 Å². The van der Waals surface area contributed by atoms with Crippen molar-refractivity contribution in [3.63, 3.8) is 0 Å². The molecule has 2 bridgehead atoms. The van der Waals surface area contributed by atoms with E-state index in [1.54, 1.807) is 0 Å². The van der Waals surface area contributed by atoms with Crippen molar-refractivity contribution in [2.24, 2.45) is 5.73 Å². The second-order valence-corrected chi connectivity index (χ2v) is 6.64. The van der Waals surface area contributed by atoms with Crippen LogP contribution in [0, 0.1) is 0 Å². The quantitative estimate of drug-likeness (QED) is 0.928. The Balaban J connectivity index is 1.37. The Labute approximate surface area is 113 Å². The number of hydrogen-bond donors (Lipinski definition) is 1. The molecule has 0 unspecified atom stereocenters. The van der Waals surface area contributed by atoms with Crippen molar-refractivity contribution in [1.82, 2.24) is 5.16 Å². The highest BCUT2D eigenvalue weighted by Crippen LogP contribution is 2.66. The van der Waals surface area contributed by atoms with Gasteiger partial charge in [-0.15, -0.1) is 13.2 Å². The molecule has 0 amide bonds. The Hall–Kier alpha value is -1.08. The Bertz CT molecular complexity index is 528. The molecule has 1 heterocycles. The highest BCUT2D eigenvalue weighted by molar-refractivity contribution is 5.37. The smallest absolute Gasteiger partial charge is 0.361 e. The van der Waals surface area contributed by atoms with Gasteiger partial charge < -0.3 is 10.3 Å². The van der Waals surface area contributed by atoms with Crippen molar-refractivity contribution in [3.05, 3.63) is 17.5 Å². The summed E-state index contributed by atoms with van der Waals surface area (Å²) < 4.78 is 45.5. The summed E-state index contributed by atoms with van der Waals surface area (Å²) in [6.45, 7) is 0. The monoisotopic (exact) mass is 288 g/mol. The summed E-state index contributed by atoms with van der Waals surface area (Å²) in [5.74, 6) is 0.860. The first kappa shape index (κ1) is 12.6. The Morgan fingerprint density at radius 3 is 2.50 bits per heavy atom. The summed E-state index contributed by atoms with van der Waals surface area (Å²) in [5, 5.41) is 4.01. The van der Waals surface area contributed by atoms with Crippen molar-refractivity contribution in [1.29, 1.82) is 0 Å². The van der Waals surface area contributed by atoms with E-state index < -0.39 is 12.5 Å². The maximum atomic E-state index is 12.0. The highest BCUT2D eigenvalue weighted by atomic mass is 19.4. The minimum atomic E-state index is -4.55. The molecule has 0 saturated heterocycles. The first-order valence-corrected chi connectivity index (χ1v) is 6.78. The Morgan fingerprint density at radius 1 is 1.30 bits per heavy atom. The van der Waals surface area contributed by atoms with E-state index in [9.17, 15) is 13.2 Å². The molecule has 4 nitrogen and oxygen atoms in total. The number of nitrogens with zero attached hydrogens (tertiary/aromatic N) is 1. The molecular formula is C13H15F3N2O2. The lowest BCUT2D eigenvalue weighted by Crippen LogP contribution is -2.74. The molecule has 1 aromatic heterocycles. The molecule has 0 atom stereocenters. The summed E-state index contributed by atoms with van der Waals surface area (Å²) >= 11 is 0. The fourth-order valence-corrected chi connectivity index (χ4v) is 3.95. The predicted molar refractivity (Wildman–Crippen MR) is 61.9 cm³/mol. The van der Waals surface area contributed by atoms with Gasteiger partial charge in [-0.2, -0.15) is 0 Å². The van der Waals surface area contributed by atoms with Crippen molar-refractivity contribution in [2.45, 2.75) is 61.4 Å². The first-order chi connectivity index (χ1) is 9.27. The molecule has 0 spiro atoms. The first-order valence-electron chi connectivity index (χ1n) is 6.78. The van der Waals surface area contributed by atoms with Gasteiger partial charge in [0.1, 0.15) is 5.76 Å². The van der Waals surface area contributed by atoms with Gasteiger partial charge in [-0.25, -0.2) is 0 Å². The predicted octanol–water partition coefficient (Wildman–Crippen LogP) is 2.59. The van der Waals surface area contributed by atoms with Crippen LogP contribution in [0.2, 0.25) is 0 Å². The van der Waals surface area contributed by atoms with Crippen LogP contribution in [0.3, 0.4) is 0 Å². The van der Waals surface area contributed by atoms with Gasteiger partial charge in [-0.1, -0.05) is 5.16 Å². The summed E-state index contributed by atoms with van der Waals surface area (Å²) in [4.78, 5) is 0. The average molecular weight is 288 g/mol. The van der Waals surface area contributed by atoms with Gasteiger partial charge in [0.05, 0.1) is 11.8 Å². The number of rotatable bonds is 3. The third-order valence-electron chi connectivity index (χ3n) is 4.94. The van der Waals surface area contributed by atoms with Gasteiger partial charge in [0.25, 0.3) is 0 Å². The van der Waals surface area contributed by atoms with Crippen molar-refractivity contribution in [2.75, 3.05) is 0 Å². The zero-order valence-electron chi connectivity index (χ0n) is 10.7. The molecule has 110 valence electrons. The lowest BCUT2D eigenvalue weighted by molar-refractivity contribution is -0.351. The van der Waals surface area contributed by atoms with Crippen LogP contribution in [0.15, 0.2) is 10.6 Å². The van der Waals surface area contributed by atoms with Crippen LogP contribution >= 0.6 is 0 Å². The van der Waals surface area contributed by atoms with Crippen LogP contribution in [0.25, 0.3) is 0 Å². The van der Waals surface area contributed by atoms with Gasteiger partial charge in [-0.3, -0.25) is 4.74 Å². The average Bonchev–Trinajstić information content (AvgIpc) is 2.64. The third kappa shape index (κ3) is 1.79. The number of hydrogen-bond acceptors (Lipinski definition) is 4. The normalized spacial score (nSPS) is 42.6. The number of aromatic nitrogens is 1. The zero-order valence-corrected chi connectivity index (χ0v) is 10.7. The van der Waals surface area contributed by atoms with E-state index in [4.69, 9.17) is 10.3 Å². The van der Waals surface area contributed by atoms with Crippen molar-refractivity contribution >= 4 is 0 Å². The molecule has 4 aliphatic carbocycles. The second kappa shape index (κ2) is 3.57. The fraction of sp³-hybridized carbons (Fsp3) is 0.769. The SMILES string of the molecule is NC12CC(c3cc([C@H]4C[C@@H](OC(F)(F)F)C4)no3)(C1)C2. The number of nitrogens with two attached hydrogens (primary N) is 1. The minimum absolute atomic E-state index is 0.00489. The number of ether oxygens (including phenoxy) is 1. The van der Waals surface area contributed by atoms with Gasteiger partial charge in [0, 0.05) is 22.9 Å². The molecule has 2 N–H and O–H groups in total. The van der Waals surface area contributed by atoms with Gasteiger partial charge in [-0.05, 0) is 32.1 Å². The molecule has 4 fully saturated rings. The van der Waals surface area contributed by atoms with E-state index in [-0.39, 0.29) is 16.9 Å². The highest BCUT2D eigenvalue weighted by Gasteiger charge is 2.68. The molecule has 1 aromatic rings. The molecule has 4 saturated carbocycles. The van der Waals surface area contributed by atoms with E-state index >= 15 is 0 Å². The van der Waals surface area contributed by atoms with Crippen LogP contribution in [0.1, 0.15) is 49.5 Å². The number of halogens is 3. The largest absolute Gasteiger partial charge is 0.522 e. The molecule has 5 rings (SSSR count). The van der Waals surface area contributed by atoms with Gasteiger partial charge in [0.2, 0.25) is 0 Å². The van der Waals surface area contributed by atoms with E-state index in [0.717, 1.165) is 30.7 Å². The second-order valence-electron chi connectivity index (χ2n) is 6.64. The molecule has 4 aliphatic rings. The van der Waals surface area contributed by atoms with Crippen LogP contribution in [-0.2, 0) is 10.2 Å². The van der Waals surface area contributed by atoms with Crippen molar-refractivity contribution in [3.8, 4) is 0 Å². The number of alkyl halides is 3. The van der Waals surface area contributed by atoms with E-state index in [1.165, 1.54) is 0 Å². The van der Waals surface area contributed by atoms with Crippen LogP contribution < -0.4 is 5.73 Å². The van der Waals surface area contributed by atoms with Crippen LogP contribution in [-0.4, -0.2) is 23.2 Å². The lowest BCUT2D eigenvalue weighted by Gasteiger charge is -2.67. The summed E-state index contributed by atoms with van der Waals surface area (Å²) in [6.07, 6.45) is -1.82. The maximum absolute atomic E-state index is 12.0. The summed E-state index contributed by atoms with van der Waals surface area (Å²) in [6, 6.07) is 1.90. The zero-order chi connectivity index (χ0) is 14.2. The maximum Gasteiger partial charge on any atom is 0.522 e. The van der Waals surface area contributed by atoms with E-state index in [2.05, 4.69) is 9.89 Å². The molecule has 20 heavy (non-hydrogen) atoms. The minimum Gasteiger partial charge on any atom is -0.361 e. The van der Waals surface area contributed by atoms with Crippen LogP contribution in [0.4, 0.5) is 13.2 Å². The lowest BCUT2D eigenvalue weighted by atomic mass is 9.39. The Morgan fingerprint density at radius 2 is 1.95 bits per heavy atom. The molecule has 0 aliphatic heterocycles. The summed E-state index contributed by atoms with van der Waals surface area (Å²) in [5.41, 5.74) is 6.81. The van der Waals surface area contributed by atoms with Gasteiger partial charge in [0.15, 0.2) is 0 Å². The molecule has 7 heteroatoms. The molecular weight excluding hydrogens is 273 g/mol.